The number of alkyl halides is 2. The first-order valence-corrected chi connectivity index (χ1v) is 19.2. The number of aromatic nitrogens is 10. The molecule has 2 aliphatic rings. The number of hydrogen-bond acceptors (Lipinski definition) is 16. The third-order valence-corrected chi connectivity index (χ3v) is 9.98. The second-order valence-electron chi connectivity index (χ2n) is 14.2. The number of carbonyl (C=O) groups excluding carboxylic acids is 2. The largest absolute Gasteiger partial charge is 0.365 e. The Morgan fingerprint density at radius 2 is 1.13 bits per heavy atom. The molecule has 0 spiro atoms. The molecule has 0 bridgehead atoms. The van der Waals surface area contributed by atoms with Gasteiger partial charge in [0.1, 0.15) is 35.1 Å². The summed E-state index contributed by atoms with van der Waals surface area (Å²) >= 11 is 0. The van der Waals surface area contributed by atoms with E-state index in [1.165, 1.54) is 22.0 Å². The maximum Gasteiger partial charge on any atom is 0.254 e. The first kappa shape index (κ1) is 41.0. The lowest BCUT2D eigenvalue weighted by molar-refractivity contribution is 0.0992. The number of anilines is 6. The van der Waals surface area contributed by atoms with Crippen LogP contribution in [0.25, 0.3) is 11.4 Å². The minimum Gasteiger partial charge on any atom is -0.365 e. The Bertz CT molecular complexity index is 2370. The van der Waals surface area contributed by atoms with Gasteiger partial charge in [0.2, 0.25) is 11.9 Å². The summed E-state index contributed by atoms with van der Waals surface area (Å²) < 4.78 is 28.2. The van der Waals surface area contributed by atoms with Crippen molar-refractivity contribution < 1.29 is 18.4 Å². The van der Waals surface area contributed by atoms with Gasteiger partial charge in [-0.1, -0.05) is 12.1 Å². The van der Waals surface area contributed by atoms with Crippen molar-refractivity contribution in [2.45, 2.75) is 75.0 Å². The van der Waals surface area contributed by atoms with Gasteiger partial charge in [0, 0.05) is 35.9 Å². The molecule has 22 heteroatoms. The summed E-state index contributed by atoms with van der Waals surface area (Å²) in [4.78, 5) is 43.6. The van der Waals surface area contributed by atoms with Crippen LogP contribution in [0.1, 0.15) is 59.2 Å². The molecule has 2 fully saturated rings. The van der Waals surface area contributed by atoms with E-state index in [2.05, 4.69) is 61.6 Å². The Morgan fingerprint density at radius 1 is 0.650 bits per heavy atom. The lowest BCUT2D eigenvalue weighted by Gasteiger charge is -2.32. The molecule has 0 radical (unpaired) electrons. The highest BCUT2D eigenvalue weighted by Gasteiger charge is 2.33. The number of nitrogens with zero attached hydrogens (tertiary/aromatic N) is 10. The van der Waals surface area contributed by atoms with Gasteiger partial charge in [-0.2, -0.15) is 40.0 Å². The van der Waals surface area contributed by atoms with Gasteiger partial charge >= 0.3 is 0 Å². The van der Waals surface area contributed by atoms with E-state index >= 15 is 0 Å². The van der Waals surface area contributed by atoms with Crippen molar-refractivity contribution in [3.8, 4) is 11.4 Å². The Kier molecular flexibility index (Phi) is 12.7. The Hall–Kier alpha value is -7.20. The molecule has 8 rings (SSSR count). The third-order valence-electron chi connectivity index (χ3n) is 9.98. The number of amides is 2. The molecule has 0 saturated heterocycles. The van der Waals surface area contributed by atoms with Gasteiger partial charge in [-0.3, -0.25) is 9.59 Å². The number of carbonyl (C=O) groups is 2. The number of benzene rings is 2. The Morgan fingerprint density at radius 3 is 1.63 bits per heavy atom. The van der Waals surface area contributed by atoms with Crippen molar-refractivity contribution in [1.29, 1.82) is 0 Å². The van der Waals surface area contributed by atoms with E-state index in [0.717, 1.165) is 24.9 Å². The van der Waals surface area contributed by atoms with Crippen LogP contribution >= 0.6 is 0 Å². The summed E-state index contributed by atoms with van der Waals surface area (Å²) in [6.07, 6.45) is 10.6. The van der Waals surface area contributed by atoms with E-state index in [1.54, 1.807) is 55.1 Å². The lowest BCUT2D eigenvalue weighted by atomic mass is 9.89. The fraction of sp³-hybridized carbons (Fsp3) is 0.316. The Balaban J connectivity index is 0.000000181. The molecule has 12 N–H and O–H groups in total. The fourth-order valence-electron chi connectivity index (χ4n) is 6.87. The zero-order chi connectivity index (χ0) is 42.2. The highest BCUT2D eigenvalue weighted by Crippen LogP contribution is 2.27. The molecule has 2 amide bonds. The van der Waals surface area contributed by atoms with Crippen molar-refractivity contribution in [1.82, 2.24) is 49.9 Å². The minimum absolute atomic E-state index is 0.105. The van der Waals surface area contributed by atoms with E-state index in [4.69, 9.17) is 22.9 Å². The van der Waals surface area contributed by atoms with Crippen LogP contribution in [0.15, 0.2) is 85.7 Å². The third kappa shape index (κ3) is 9.90. The van der Waals surface area contributed by atoms with Crippen molar-refractivity contribution in [3.05, 3.63) is 96.8 Å². The normalized spacial score (nSPS) is 21.2. The predicted octanol–water partition coefficient (Wildman–Crippen LogP) is 3.06. The van der Waals surface area contributed by atoms with Gasteiger partial charge in [-0.25, -0.2) is 18.7 Å². The summed E-state index contributed by atoms with van der Waals surface area (Å²) in [6.45, 7) is 0. The molecule has 0 unspecified atom stereocenters. The smallest absolute Gasteiger partial charge is 0.254 e. The molecule has 6 aromatic rings. The quantitative estimate of drug-likeness (QED) is 0.0880. The Labute approximate surface area is 342 Å². The van der Waals surface area contributed by atoms with Gasteiger partial charge in [-0.05, 0) is 74.9 Å². The van der Waals surface area contributed by atoms with Gasteiger partial charge in [-0.15, -0.1) is 0 Å². The van der Waals surface area contributed by atoms with Crippen LogP contribution in [-0.2, 0) is 0 Å². The summed E-state index contributed by atoms with van der Waals surface area (Å²) in [7, 11) is 0. The molecule has 4 aromatic heterocycles. The molecule has 60 heavy (non-hydrogen) atoms. The highest BCUT2D eigenvalue weighted by atomic mass is 19.1. The summed E-state index contributed by atoms with van der Waals surface area (Å²) in [5, 5.41) is 28.6. The molecule has 2 aliphatic carbocycles. The van der Waals surface area contributed by atoms with Crippen LogP contribution in [0.2, 0.25) is 0 Å². The maximum atomic E-state index is 14.3. The predicted molar refractivity (Wildman–Crippen MR) is 219 cm³/mol. The van der Waals surface area contributed by atoms with Crippen molar-refractivity contribution in [2.75, 3.05) is 21.3 Å². The van der Waals surface area contributed by atoms with Gasteiger partial charge in [0.25, 0.3) is 11.8 Å². The van der Waals surface area contributed by atoms with Crippen molar-refractivity contribution in [3.63, 3.8) is 0 Å². The van der Waals surface area contributed by atoms with Crippen LogP contribution in [0.5, 0.6) is 0 Å². The van der Waals surface area contributed by atoms with E-state index in [-0.39, 0.29) is 46.7 Å². The zero-order valence-corrected chi connectivity index (χ0v) is 32.1. The van der Waals surface area contributed by atoms with Crippen LogP contribution in [0, 0.1) is 0 Å². The zero-order valence-electron chi connectivity index (χ0n) is 32.1. The molecule has 2 saturated carbocycles. The molecule has 6 atom stereocenters. The minimum atomic E-state index is -1.09. The molecular formula is C38H44F2N18O2. The number of halogens is 2. The molecule has 4 heterocycles. The standard InChI is InChI=1S/2C19H22FN9O/c20-14-5-2-6-15(16(14)21)27-19-23-10-13(17(22)30)18(28-19)26-11-3-1-4-12(9-11)29-24-7-8-25-29;20-14-5-2-6-15(21)16(14)27-19-23-10-13(17(22)30)18(28-19)26-11-3-1-4-12(9-11)29-24-7-8-25-29/h2*1,3-4,7-10,14-16H,2,5-6,21H2,(H2,22,30)(H2,23,26,27,28)/t2*14-,15+,16-/m01/s1. The number of nitrogens with one attached hydrogen (secondary N) is 4. The summed E-state index contributed by atoms with van der Waals surface area (Å²) in [6, 6.07) is 12.6. The maximum absolute atomic E-state index is 14.3. The summed E-state index contributed by atoms with van der Waals surface area (Å²) in [5.74, 6) is -0.532. The van der Waals surface area contributed by atoms with Crippen LogP contribution in [0.3, 0.4) is 0 Å². The highest BCUT2D eigenvalue weighted by molar-refractivity contribution is 5.98. The average Bonchev–Trinajstić information content (AvgIpc) is 3.98. The first-order valence-electron chi connectivity index (χ1n) is 19.2. The molecule has 0 aliphatic heterocycles. The number of rotatable bonds is 12. The van der Waals surface area contributed by atoms with Gasteiger partial charge in [0.05, 0.1) is 48.2 Å². The second kappa shape index (κ2) is 18.6. The lowest BCUT2D eigenvalue weighted by Crippen LogP contribution is -2.49. The molecule has 2 aromatic carbocycles. The van der Waals surface area contributed by atoms with E-state index in [1.807, 2.05) is 18.2 Å². The monoisotopic (exact) mass is 822 g/mol. The van der Waals surface area contributed by atoms with Crippen LogP contribution in [0.4, 0.5) is 43.7 Å². The van der Waals surface area contributed by atoms with Gasteiger partial charge < -0.3 is 44.2 Å². The van der Waals surface area contributed by atoms with E-state index in [9.17, 15) is 18.4 Å². The van der Waals surface area contributed by atoms with Gasteiger partial charge in [0.15, 0.2) is 0 Å². The van der Waals surface area contributed by atoms with E-state index < -0.39 is 36.2 Å². The first-order chi connectivity index (χ1) is 29.0. The second-order valence-corrected chi connectivity index (χ2v) is 14.2. The number of hydrogen-bond donors (Lipinski definition) is 8. The van der Waals surface area contributed by atoms with Crippen LogP contribution < -0.4 is 44.2 Å². The molecular weight excluding hydrogens is 779 g/mol. The SMILES string of the molecule is NC(=O)c1cnc(N[C@@H]2CCC[C@H](F)[C@@H]2N)nc1Nc1cccc(-n2nccn2)c1.NC(=O)c1cnc(N[C@@H]2[C@H](F)CCC[C@@H]2N)nc1Nc1cccc(-n2nccn2)c1. The van der Waals surface area contributed by atoms with Crippen LogP contribution in [-0.4, -0.2) is 98.2 Å². The number of nitrogens with two attached hydrogens (primary N) is 4. The van der Waals surface area contributed by atoms with Crippen molar-refractivity contribution >= 4 is 46.7 Å². The topological polar surface area (TPSA) is 299 Å². The summed E-state index contributed by atoms with van der Waals surface area (Å²) in [5.41, 5.74) is 25.9. The van der Waals surface area contributed by atoms with E-state index in [0.29, 0.717) is 36.3 Å². The average molecular weight is 823 g/mol. The molecule has 20 nitrogen and oxygen atoms in total. The number of primary amides is 2. The fourth-order valence-corrected chi connectivity index (χ4v) is 6.87. The molecule has 312 valence electrons. The van der Waals surface area contributed by atoms with Crippen molar-refractivity contribution in [2.24, 2.45) is 22.9 Å².